The van der Waals surface area contributed by atoms with Gasteiger partial charge in [-0.1, -0.05) is 29.3 Å². The lowest BCUT2D eigenvalue weighted by atomic mass is 10.2. The number of halogens is 1. The van der Waals surface area contributed by atoms with Crippen molar-refractivity contribution in [2.75, 3.05) is 19.6 Å². The van der Waals surface area contributed by atoms with E-state index in [0.717, 1.165) is 32.1 Å². The van der Waals surface area contributed by atoms with Crippen molar-refractivity contribution < 1.29 is 8.42 Å². The van der Waals surface area contributed by atoms with Gasteiger partial charge in [-0.05, 0) is 25.7 Å². The van der Waals surface area contributed by atoms with Gasteiger partial charge < -0.3 is 0 Å². The first-order valence-corrected chi connectivity index (χ1v) is 8.27. The molecule has 1 fully saturated rings. The van der Waals surface area contributed by atoms with Crippen LogP contribution in [0.5, 0.6) is 0 Å². The molecule has 1 saturated heterocycles. The van der Waals surface area contributed by atoms with Crippen LogP contribution in [0.2, 0.25) is 0 Å². The lowest BCUT2D eigenvalue weighted by Gasteiger charge is -2.25. The summed E-state index contributed by atoms with van der Waals surface area (Å²) in [5.74, 6) is 0. The summed E-state index contributed by atoms with van der Waals surface area (Å²) in [5, 5.41) is 0. The van der Waals surface area contributed by atoms with E-state index < -0.39 is 10.2 Å². The minimum Gasteiger partial charge on any atom is -0.202 e. The minimum atomic E-state index is -3.21. The Balaban J connectivity index is 2.27. The summed E-state index contributed by atoms with van der Waals surface area (Å²) in [4.78, 5) is 0.451. The highest BCUT2D eigenvalue weighted by Crippen LogP contribution is 2.12. The van der Waals surface area contributed by atoms with E-state index in [1.807, 2.05) is 0 Å². The molecule has 0 aromatic rings. The SMILES string of the molecule is CC(Br)CCCNS(=O)(=O)N1CCCCC1. The monoisotopic (exact) mass is 312 g/mol. The molecule has 1 aliphatic rings. The number of piperidine rings is 1. The van der Waals surface area contributed by atoms with Gasteiger partial charge in [0.05, 0.1) is 0 Å². The number of rotatable bonds is 6. The Bertz CT molecular complexity index is 287. The highest BCUT2D eigenvalue weighted by molar-refractivity contribution is 9.09. The lowest BCUT2D eigenvalue weighted by Crippen LogP contribution is -2.43. The van der Waals surface area contributed by atoms with Crippen LogP contribution >= 0.6 is 15.9 Å². The van der Waals surface area contributed by atoms with Crippen LogP contribution in [0.3, 0.4) is 0 Å². The number of hydrogen-bond acceptors (Lipinski definition) is 2. The maximum absolute atomic E-state index is 11.8. The third-order valence-electron chi connectivity index (χ3n) is 2.72. The molecular weight excluding hydrogens is 292 g/mol. The second-order valence-electron chi connectivity index (χ2n) is 4.28. The van der Waals surface area contributed by atoms with E-state index >= 15 is 0 Å². The molecule has 1 aliphatic heterocycles. The van der Waals surface area contributed by atoms with Crippen LogP contribution in [-0.2, 0) is 10.2 Å². The Kier molecular flexibility index (Phi) is 6.25. The highest BCUT2D eigenvalue weighted by Gasteiger charge is 2.22. The maximum Gasteiger partial charge on any atom is 0.279 e. The van der Waals surface area contributed by atoms with Gasteiger partial charge in [0.25, 0.3) is 10.2 Å². The average Bonchev–Trinajstić information content (AvgIpc) is 2.26. The molecule has 0 bridgehead atoms. The van der Waals surface area contributed by atoms with Crippen molar-refractivity contribution in [2.45, 2.75) is 43.9 Å². The summed E-state index contributed by atoms with van der Waals surface area (Å²) < 4.78 is 27.9. The molecule has 0 aromatic carbocycles. The fourth-order valence-corrected chi connectivity index (χ4v) is 3.43. The average molecular weight is 313 g/mol. The molecule has 1 unspecified atom stereocenters. The van der Waals surface area contributed by atoms with Crippen LogP contribution in [0.15, 0.2) is 0 Å². The smallest absolute Gasteiger partial charge is 0.202 e. The van der Waals surface area contributed by atoms with Crippen molar-refractivity contribution in [1.82, 2.24) is 9.03 Å². The molecule has 1 rings (SSSR count). The van der Waals surface area contributed by atoms with E-state index in [-0.39, 0.29) is 0 Å². The molecule has 0 amide bonds. The van der Waals surface area contributed by atoms with Crippen molar-refractivity contribution in [3.8, 4) is 0 Å². The zero-order chi connectivity index (χ0) is 12.0. The second kappa shape index (κ2) is 6.93. The van der Waals surface area contributed by atoms with E-state index in [4.69, 9.17) is 0 Å². The Morgan fingerprint density at radius 3 is 2.50 bits per heavy atom. The van der Waals surface area contributed by atoms with E-state index in [2.05, 4.69) is 27.6 Å². The number of nitrogens with zero attached hydrogens (tertiary/aromatic N) is 1. The predicted octanol–water partition coefficient (Wildman–Crippen LogP) is 1.87. The van der Waals surface area contributed by atoms with E-state index in [1.165, 1.54) is 0 Å². The first-order chi connectivity index (χ1) is 7.52. The van der Waals surface area contributed by atoms with Crippen LogP contribution < -0.4 is 4.72 Å². The fourth-order valence-electron chi connectivity index (χ4n) is 1.78. The van der Waals surface area contributed by atoms with Crippen LogP contribution in [0, 0.1) is 0 Å². The lowest BCUT2D eigenvalue weighted by molar-refractivity contribution is 0.341. The van der Waals surface area contributed by atoms with Gasteiger partial charge >= 0.3 is 0 Å². The van der Waals surface area contributed by atoms with Crippen LogP contribution in [0.4, 0.5) is 0 Å². The standard InChI is InChI=1S/C10H21BrN2O2S/c1-10(11)6-5-7-12-16(14,15)13-8-3-2-4-9-13/h10,12H,2-9H2,1H3. The first-order valence-electron chi connectivity index (χ1n) is 5.91. The van der Waals surface area contributed by atoms with Gasteiger partial charge in [-0.25, -0.2) is 4.72 Å². The zero-order valence-corrected chi connectivity index (χ0v) is 12.2. The van der Waals surface area contributed by atoms with Gasteiger partial charge in [0.2, 0.25) is 0 Å². The van der Waals surface area contributed by atoms with E-state index in [9.17, 15) is 8.42 Å². The molecule has 0 radical (unpaired) electrons. The Labute approximate surface area is 107 Å². The van der Waals surface area contributed by atoms with E-state index in [0.29, 0.717) is 24.5 Å². The van der Waals surface area contributed by atoms with Crippen molar-refractivity contribution in [3.05, 3.63) is 0 Å². The summed E-state index contributed by atoms with van der Waals surface area (Å²) >= 11 is 3.44. The van der Waals surface area contributed by atoms with Gasteiger partial charge in [0.1, 0.15) is 0 Å². The molecule has 0 aliphatic carbocycles. The summed E-state index contributed by atoms with van der Waals surface area (Å²) in [5.41, 5.74) is 0. The van der Waals surface area contributed by atoms with E-state index in [1.54, 1.807) is 4.31 Å². The Morgan fingerprint density at radius 2 is 1.94 bits per heavy atom. The maximum atomic E-state index is 11.8. The number of hydrogen-bond donors (Lipinski definition) is 1. The quantitative estimate of drug-likeness (QED) is 0.601. The zero-order valence-electron chi connectivity index (χ0n) is 9.78. The molecule has 6 heteroatoms. The molecule has 1 N–H and O–H groups in total. The molecule has 0 saturated carbocycles. The van der Waals surface area contributed by atoms with Gasteiger partial charge in [-0.2, -0.15) is 12.7 Å². The molecule has 96 valence electrons. The number of nitrogens with one attached hydrogen (secondary N) is 1. The molecule has 0 spiro atoms. The summed E-state index contributed by atoms with van der Waals surface area (Å²) in [6, 6.07) is 0. The van der Waals surface area contributed by atoms with Crippen molar-refractivity contribution in [3.63, 3.8) is 0 Å². The third kappa shape index (κ3) is 5.12. The van der Waals surface area contributed by atoms with Crippen LogP contribution in [-0.4, -0.2) is 37.2 Å². The fraction of sp³-hybridized carbons (Fsp3) is 1.00. The van der Waals surface area contributed by atoms with Gasteiger partial charge in [0.15, 0.2) is 0 Å². The van der Waals surface area contributed by atoms with Crippen LogP contribution in [0.25, 0.3) is 0 Å². The third-order valence-corrected chi connectivity index (χ3v) is 4.79. The van der Waals surface area contributed by atoms with Crippen molar-refractivity contribution >= 4 is 26.1 Å². The summed E-state index contributed by atoms with van der Waals surface area (Å²) in [7, 11) is -3.21. The minimum absolute atomic E-state index is 0.451. The molecule has 16 heavy (non-hydrogen) atoms. The van der Waals surface area contributed by atoms with Crippen LogP contribution in [0.1, 0.15) is 39.0 Å². The van der Waals surface area contributed by atoms with Gasteiger partial charge in [-0.3, -0.25) is 0 Å². The summed E-state index contributed by atoms with van der Waals surface area (Å²) in [6.07, 6.45) is 4.98. The predicted molar refractivity (Wildman–Crippen MR) is 70.0 cm³/mol. The second-order valence-corrected chi connectivity index (χ2v) is 7.60. The molecule has 0 aromatic heterocycles. The molecule has 1 heterocycles. The van der Waals surface area contributed by atoms with Crippen molar-refractivity contribution in [1.29, 1.82) is 0 Å². The van der Waals surface area contributed by atoms with Gasteiger partial charge in [-0.15, -0.1) is 0 Å². The molecular formula is C10H21BrN2O2S. The van der Waals surface area contributed by atoms with Crippen molar-refractivity contribution in [2.24, 2.45) is 0 Å². The first kappa shape index (κ1) is 14.4. The Morgan fingerprint density at radius 1 is 1.31 bits per heavy atom. The largest absolute Gasteiger partial charge is 0.279 e. The normalized spacial score (nSPS) is 20.9. The topological polar surface area (TPSA) is 49.4 Å². The highest BCUT2D eigenvalue weighted by atomic mass is 79.9. The molecule has 4 nitrogen and oxygen atoms in total. The Hall–Kier alpha value is 0.350. The van der Waals surface area contributed by atoms with Gasteiger partial charge in [0, 0.05) is 24.5 Å². The molecule has 1 atom stereocenters. The summed E-state index contributed by atoms with van der Waals surface area (Å²) in [6.45, 7) is 3.95. The number of alkyl halides is 1.